The Morgan fingerprint density at radius 3 is 1.35 bits per heavy atom. The molecule has 1 aromatic carbocycles. The zero-order valence-electron chi connectivity index (χ0n) is 14.2. The van der Waals surface area contributed by atoms with Crippen LogP contribution in [0.3, 0.4) is 0 Å². The van der Waals surface area contributed by atoms with Crippen molar-refractivity contribution in [2.24, 2.45) is 0 Å². The van der Waals surface area contributed by atoms with Gasteiger partial charge in [0.05, 0.1) is 0 Å². The highest BCUT2D eigenvalue weighted by Gasteiger charge is 2.61. The Hall–Kier alpha value is -1.56. The number of aliphatic carboxylic acids is 1. The first-order valence-corrected chi connectivity index (χ1v) is 7.20. The smallest absolute Gasteiger partial charge is 0.432 e. The van der Waals surface area contributed by atoms with Crippen LogP contribution in [0.5, 0.6) is 0 Å². The van der Waals surface area contributed by atoms with E-state index in [1.165, 1.54) is 0 Å². The van der Waals surface area contributed by atoms with Crippen LogP contribution in [0, 0.1) is 0 Å². The summed E-state index contributed by atoms with van der Waals surface area (Å²) < 4.78 is 39.8. The average molecular weight is 332 g/mol. The molecule has 1 rings (SSSR count). The van der Waals surface area contributed by atoms with Gasteiger partial charge in [0, 0.05) is 5.56 Å². The van der Waals surface area contributed by atoms with Gasteiger partial charge in [0.25, 0.3) is 5.60 Å². The summed E-state index contributed by atoms with van der Waals surface area (Å²) in [5, 5.41) is 19.0. The normalized spacial score (nSPS) is 16.1. The maximum atomic E-state index is 13.3. The minimum absolute atomic E-state index is 0.499. The van der Waals surface area contributed by atoms with Gasteiger partial charge < -0.3 is 10.2 Å². The van der Waals surface area contributed by atoms with Gasteiger partial charge in [-0.15, -0.1) is 0 Å². The number of carbonyl (C=O) groups is 1. The van der Waals surface area contributed by atoms with Gasteiger partial charge in [0.2, 0.25) is 0 Å². The fourth-order valence-electron chi connectivity index (χ4n) is 2.11. The fraction of sp³-hybridized carbons (Fsp3) is 0.588. The fourth-order valence-corrected chi connectivity index (χ4v) is 2.11. The van der Waals surface area contributed by atoms with Crippen LogP contribution < -0.4 is 0 Å². The minimum atomic E-state index is -5.33. The number of carboxylic acid groups (broad SMARTS) is 1. The second kappa shape index (κ2) is 5.51. The first-order valence-electron chi connectivity index (χ1n) is 7.20. The van der Waals surface area contributed by atoms with Crippen molar-refractivity contribution in [3.05, 3.63) is 34.9 Å². The number of halogens is 3. The van der Waals surface area contributed by atoms with Crippen molar-refractivity contribution in [3.8, 4) is 0 Å². The highest BCUT2D eigenvalue weighted by atomic mass is 19.4. The zero-order valence-corrected chi connectivity index (χ0v) is 14.2. The first kappa shape index (κ1) is 19.5. The molecule has 0 heterocycles. The topological polar surface area (TPSA) is 57.5 Å². The Morgan fingerprint density at radius 2 is 1.13 bits per heavy atom. The molecule has 0 aliphatic carbocycles. The number of benzene rings is 1. The molecule has 0 fully saturated rings. The second-order valence-corrected chi connectivity index (χ2v) is 7.81. The Balaban J connectivity index is 3.80. The van der Waals surface area contributed by atoms with Gasteiger partial charge in [-0.05, 0) is 22.0 Å². The van der Waals surface area contributed by atoms with E-state index in [4.69, 9.17) is 5.11 Å². The molecule has 0 bridgehead atoms. The molecule has 0 spiro atoms. The summed E-state index contributed by atoms with van der Waals surface area (Å²) in [6.45, 7) is 10.9. The van der Waals surface area contributed by atoms with Gasteiger partial charge in [-0.1, -0.05) is 59.7 Å². The van der Waals surface area contributed by atoms with Crippen LogP contribution in [-0.4, -0.2) is 22.4 Å². The standard InChI is InChI=1S/C17H23F3O3/c1-14(2,3)10-7-11(15(4,5)6)9-12(8-10)16(23,13(21)22)17(18,19)20/h7-9,23H,1-6H3,(H,21,22). The SMILES string of the molecule is CC(C)(C)c1cc(C(C)(C)C)cc(C(O)(C(=O)O)C(F)(F)F)c1. The third-order valence-corrected chi connectivity index (χ3v) is 3.80. The van der Waals surface area contributed by atoms with Crippen LogP contribution in [0.25, 0.3) is 0 Å². The van der Waals surface area contributed by atoms with Crippen LogP contribution in [0.4, 0.5) is 13.2 Å². The number of carboxylic acids is 1. The monoisotopic (exact) mass is 332 g/mol. The molecular formula is C17H23F3O3. The lowest BCUT2D eigenvalue weighted by molar-refractivity contribution is -0.265. The van der Waals surface area contributed by atoms with Crippen LogP contribution in [0.2, 0.25) is 0 Å². The number of alkyl halides is 3. The van der Waals surface area contributed by atoms with Gasteiger partial charge in [0.1, 0.15) is 0 Å². The summed E-state index contributed by atoms with van der Waals surface area (Å²) in [6.07, 6.45) is -5.33. The van der Waals surface area contributed by atoms with Gasteiger partial charge in [0.15, 0.2) is 0 Å². The maximum absolute atomic E-state index is 13.3. The molecule has 6 heteroatoms. The summed E-state index contributed by atoms with van der Waals surface area (Å²) in [6, 6.07) is 4.00. The number of aliphatic hydroxyl groups is 1. The summed E-state index contributed by atoms with van der Waals surface area (Å²) >= 11 is 0. The van der Waals surface area contributed by atoms with Crippen molar-refractivity contribution in [3.63, 3.8) is 0 Å². The molecule has 23 heavy (non-hydrogen) atoms. The van der Waals surface area contributed by atoms with E-state index in [1.807, 2.05) is 41.5 Å². The molecule has 0 saturated carbocycles. The van der Waals surface area contributed by atoms with Gasteiger partial charge in [-0.3, -0.25) is 0 Å². The predicted octanol–water partition coefficient (Wildman–Crippen LogP) is 4.12. The molecule has 0 radical (unpaired) electrons. The average Bonchev–Trinajstić information content (AvgIpc) is 2.33. The number of rotatable bonds is 2. The summed E-state index contributed by atoms with van der Waals surface area (Å²) in [5.74, 6) is -2.34. The van der Waals surface area contributed by atoms with E-state index in [0.717, 1.165) is 12.1 Å². The molecule has 0 aliphatic heterocycles. The first-order chi connectivity index (χ1) is 10.0. The third-order valence-electron chi connectivity index (χ3n) is 3.80. The lowest BCUT2D eigenvalue weighted by Gasteiger charge is -2.31. The minimum Gasteiger partial charge on any atom is -0.479 e. The molecule has 3 nitrogen and oxygen atoms in total. The van der Waals surface area contributed by atoms with Crippen molar-refractivity contribution in [2.45, 2.75) is 64.1 Å². The molecule has 0 amide bonds. The van der Waals surface area contributed by atoms with Crippen molar-refractivity contribution in [1.82, 2.24) is 0 Å². The molecule has 2 N–H and O–H groups in total. The summed E-state index contributed by atoms with van der Waals surface area (Å²) in [5.41, 5.74) is -4.54. The Morgan fingerprint density at radius 1 is 0.826 bits per heavy atom. The van der Waals surface area contributed by atoms with E-state index < -0.39 is 34.1 Å². The number of hydrogen-bond donors (Lipinski definition) is 2. The van der Waals surface area contributed by atoms with Gasteiger partial charge >= 0.3 is 12.1 Å². The quantitative estimate of drug-likeness (QED) is 0.857. The van der Waals surface area contributed by atoms with E-state index in [-0.39, 0.29) is 0 Å². The largest absolute Gasteiger partial charge is 0.479 e. The van der Waals surface area contributed by atoms with E-state index in [0.29, 0.717) is 11.1 Å². The van der Waals surface area contributed by atoms with Crippen LogP contribution in [0.1, 0.15) is 58.2 Å². The van der Waals surface area contributed by atoms with Crippen molar-refractivity contribution in [1.29, 1.82) is 0 Å². The van der Waals surface area contributed by atoms with E-state index >= 15 is 0 Å². The molecule has 0 aliphatic rings. The van der Waals surface area contributed by atoms with E-state index in [2.05, 4.69) is 0 Å². The molecule has 1 aromatic rings. The van der Waals surface area contributed by atoms with Crippen molar-refractivity contribution < 1.29 is 28.2 Å². The number of hydrogen-bond acceptors (Lipinski definition) is 2. The summed E-state index contributed by atoms with van der Waals surface area (Å²) in [4.78, 5) is 11.2. The van der Waals surface area contributed by atoms with Crippen LogP contribution in [0.15, 0.2) is 18.2 Å². The lowest BCUT2D eigenvalue weighted by Crippen LogP contribution is -2.49. The van der Waals surface area contributed by atoms with Crippen molar-refractivity contribution >= 4 is 5.97 Å². The Bertz CT molecular complexity index is 575. The molecule has 1 atom stereocenters. The van der Waals surface area contributed by atoms with Gasteiger partial charge in [-0.2, -0.15) is 13.2 Å². The molecule has 1 unspecified atom stereocenters. The second-order valence-electron chi connectivity index (χ2n) is 7.81. The van der Waals surface area contributed by atoms with Crippen molar-refractivity contribution in [2.75, 3.05) is 0 Å². The van der Waals surface area contributed by atoms with Crippen LogP contribution >= 0.6 is 0 Å². The van der Waals surface area contributed by atoms with Gasteiger partial charge in [-0.25, -0.2) is 4.79 Å². The highest BCUT2D eigenvalue weighted by Crippen LogP contribution is 2.42. The Labute approximate surface area is 134 Å². The summed E-state index contributed by atoms with van der Waals surface area (Å²) in [7, 11) is 0. The van der Waals surface area contributed by atoms with Crippen LogP contribution in [-0.2, 0) is 21.2 Å². The molecule has 0 aromatic heterocycles. The third kappa shape index (κ3) is 3.68. The maximum Gasteiger partial charge on any atom is 0.432 e. The van der Waals surface area contributed by atoms with E-state index in [9.17, 15) is 23.1 Å². The highest BCUT2D eigenvalue weighted by molar-refractivity contribution is 5.80. The molecule has 130 valence electrons. The van der Waals surface area contributed by atoms with E-state index in [1.54, 1.807) is 6.07 Å². The predicted molar refractivity (Wildman–Crippen MR) is 81.4 cm³/mol. The molecule has 0 saturated heterocycles. The Kier molecular flexibility index (Phi) is 4.67. The molecular weight excluding hydrogens is 309 g/mol. The zero-order chi connectivity index (χ0) is 18.4. The lowest BCUT2D eigenvalue weighted by atomic mass is 9.77.